The summed E-state index contributed by atoms with van der Waals surface area (Å²) in [7, 11) is -3.51. The van der Waals surface area contributed by atoms with Crippen molar-refractivity contribution in [1.82, 2.24) is 9.78 Å². The lowest BCUT2D eigenvalue weighted by atomic mass is 9.99. The molecule has 2 amide bonds. The van der Waals surface area contributed by atoms with Gasteiger partial charge >= 0.3 is 6.03 Å². The van der Waals surface area contributed by atoms with Gasteiger partial charge in [0.1, 0.15) is 11.5 Å². The van der Waals surface area contributed by atoms with Crippen LogP contribution in [0.25, 0.3) is 0 Å². The number of hydrogen-bond acceptors (Lipinski definition) is 5. The Morgan fingerprint density at radius 1 is 1.24 bits per heavy atom. The minimum Gasteiger partial charge on any atom is -0.475 e. The molecule has 2 aromatic rings. The topological polar surface area (TPSA) is 138 Å². The van der Waals surface area contributed by atoms with E-state index in [0.29, 0.717) is 6.54 Å². The Kier molecular flexibility index (Phi) is 4.37. The van der Waals surface area contributed by atoms with Gasteiger partial charge in [-0.05, 0) is 60.8 Å². The van der Waals surface area contributed by atoms with Crippen LogP contribution in [-0.4, -0.2) is 32.7 Å². The Morgan fingerprint density at radius 2 is 1.93 bits per heavy atom. The molecule has 0 bridgehead atoms. The highest BCUT2D eigenvalue weighted by Crippen LogP contribution is 2.38. The zero-order valence-corrected chi connectivity index (χ0v) is 16.8. The van der Waals surface area contributed by atoms with Gasteiger partial charge in [-0.3, -0.25) is 0 Å². The molecule has 29 heavy (non-hydrogen) atoms. The maximum absolute atomic E-state index is 13.1. The standard InChI is InChI=1S/C19H24N6O3S/c20-13-9-25-18(28-10-13)16(8-22-25)29(21,27)24-19(26)23-17-14-5-1-3-11(14)7-12-4-2-6-15(12)17/h7-8,13H,1-6,9-10,20H2,(H3,21,23,24,26,27)/t13-,29?/m1/s1. The van der Waals surface area contributed by atoms with E-state index >= 15 is 0 Å². The second-order valence-corrected chi connectivity index (χ2v) is 9.65. The molecule has 3 aliphatic rings. The molecule has 5 N–H and O–H groups in total. The van der Waals surface area contributed by atoms with E-state index in [-0.39, 0.29) is 23.4 Å². The highest BCUT2D eigenvalue weighted by Gasteiger charge is 2.28. The van der Waals surface area contributed by atoms with Gasteiger partial charge < -0.3 is 15.8 Å². The van der Waals surface area contributed by atoms with E-state index in [2.05, 4.69) is 20.8 Å². The SMILES string of the molecule is N[C@H]1COc2c(S(N)(=O)=NC(=O)Nc3c4c(cc5c3CCC5)CCC4)cnn2C1. The molecular formula is C19H24N6O3S. The summed E-state index contributed by atoms with van der Waals surface area (Å²) in [5.74, 6) is 0.261. The number of ether oxygens (including phenoxy) is 1. The average molecular weight is 417 g/mol. The van der Waals surface area contributed by atoms with Crippen molar-refractivity contribution in [3.63, 3.8) is 0 Å². The van der Waals surface area contributed by atoms with Crippen LogP contribution in [-0.2, 0) is 42.1 Å². The van der Waals surface area contributed by atoms with Crippen LogP contribution < -0.4 is 20.9 Å². The maximum atomic E-state index is 13.1. The number of nitrogens with zero attached hydrogens (tertiary/aromatic N) is 3. The number of aromatic nitrogens is 2. The van der Waals surface area contributed by atoms with Crippen molar-refractivity contribution < 1.29 is 13.7 Å². The highest BCUT2D eigenvalue weighted by molar-refractivity contribution is 7.91. The van der Waals surface area contributed by atoms with E-state index in [1.807, 2.05) is 0 Å². The third-order valence-corrected chi connectivity index (χ3v) is 7.19. The molecule has 1 unspecified atom stereocenters. The first-order valence-corrected chi connectivity index (χ1v) is 11.5. The fourth-order valence-corrected chi connectivity index (χ4v) is 5.57. The Bertz CT molecular complexity index is 1100. The molecule has 0 radical (unpaired) electrons. The summed E-state index contributed by atoms with van der Waals surface area (Å²) >= 11 is 0. The molecule has 1 aromatic carbocycles. The van der Waals surface area contributed by atoms with Crippen molar-refractivity contribution in [2.24, 2.45) is 15.2 Å². The molecule has 9 nitrogen and oxygen atoms in total. The third-order valence-electron chi connectivity index (χ3n) is 5.84. The fourth-order valence-electron chi connectivity index (χ4n) is 4.56. The van der Waals surface area contributed by atoms with Gasteiger partial charge in [0.2, 0.25) is 5.88 Å². The Morgan fingerprint density at radius 3 is 2.62 bits per heavy atom. The minimum absolute atomic E-state index is 0.114. The second kappa shape index (κ2) is 6.82. The lowest BCUT2D eigenvalue weighted by Crippen LogP contribution is -2.37. The van der Waals surface area contributed by atoms with Gasteiger partial charge in [-0.1, -0.05) is 6.07 Å². The third kappa shape index (κ3) is 3.21. The zero-order valence-electron chi connectivity index (χ0n) is 16.0. The molecule has 2 atom stereocenters. The molecule has 10 heteroatoms. The lowest BCUT2D eigenvalue weighted by Gasteiger charge is -2.21. The smallest absolute Gasteiger partial charge is 0.354 e. The normalized spacial score (nSPS) is 21.5. The van der Waals surface area contributed by atoms with Crippen molar-refractivity contribution in [3.8, 4) is 5.88 Å². The number of amides is 2. The first-order valence-electron chi connectivity index (χ1n) is 9.89. The average Bonchev–Trinajstić information content (AvgIpc) is 3.39. The molecule has 1 aromatic heterocycles. The van der Waals surface area contributed by atoms with Gasteiger partial charge in [0.25, 0.3) is 0 Å². The largest absolute Gasteiger partial charge is 0.475 e. The van der Waals surface area contributed by atoms with Crippen LogP contribution in [0.5, 0.6) is 5.88 Å². The molecule has 0 saturated carbocycles. The number of rotatable bonds is 2. The van der Waals surface area contributed by atoms with E-state index in [4.69, 9.17) is 15.6 Å². The highest BCUT2D eigenvalue weighted by atomic mass is 32.2. The quantitative estimate of drug-likeness (QED) is 0.681. The summed E-state index contributed by atoms with van der Waals surface area (Å²) in [6, 6.07) is 1.37. The van der Waals surface area contributed by atoms with Crippen LogP contribution in [0.3, 0.4) is 0 Å². The van der Waals surface area contributed by atoms with Crippen molar-refractivity contribution in [2.75, 3.05) is 11.9 Å². The summed E-state index contributed by atoms with van der Waals surface area (Å²) < 4.78 is 23.9. The van der Waals surface area contributed by atoms with E-state index < -0.39 is 15.9 Å². The van der Waals surface area contributed by atoms with Gasteiger partial charge in [-0.2, -0.15) is 5.10 Å². The van der Waals surface area contributed by atoms with E-state index in [0.717, 1.165) is 44.2 Å². The number of anilines is 1. The molecule has 0 spiro atoms. The Labute approximate surface area is 169 Å². The molecule has 2 aliphatic carbocycles. The molecular weight excluding hydrogens is 392 g/mol. The summed E-state index contributed by atoms with van der Waals surface area (Å²) in [6.45, 7) is 0.696. The number of carbonyl (C=O) groups excluding carboxylic acids is 1. The molecule has 2 heterocycles. The number of carbonyl (C=O) groups is 1. The summed E-state index contributed by atoms with van der Waals surface area (Å²) in [5, 5.41) is 13.0. The molecule has 154 valence electrons. The van der Waals surface area contributed by atoms with E-state index in [9.17, 15) is 9.00 Å². The predicted molar refractivity (Wildman–Crippen MR) is 108 cm³/mol. The van der Waals surface area contributed by atoms with Crippen LogP contribution in [0, 0.1) is 0 Å². The molecule has 0 fully saturated rings. The fraction of sp³-hybridized carbons (Fsp3) is 0.474. The van der Waals surface area contributed by atoms with Crippen LogP contribution in [0.4, 0.5) is 10.5 Å². The summed E-state index contributed by atoms with van der Waals surface area (Å²) in [5.41, 5.74) is 11.6. The summed E-state index contributed by atoms with van der Waals surface area (Å²) in [6.07, 6.45) is 7.41. The number of aryl methyl sites for hydroxylation is 2. The van der Waals surface area contributed by atoms with Gasteiger partial charge in [0, 0.05) is 5.69 Å². The van der Waals surface area contributed by atoms with E-state index in [1.54, 1.807) is 0 Å². The first kappa shape index (κ1) is 18.6. The number of benzene rings is 1. The number of urea groups is 1. The Hall–Kier alpha value is -2.43. The summed E-state index contributed by atoms with van der Waals surface area (Å²) in [4.78, 5) is 12.8. The van der Waals surface area contributed by atoms with Crippen molar-refractivity contribution in [2.45, 2.75) is 56.0 Å². The number of fused-ring (bicyclic) bond motifs is 3. The van der Waals surface area contributed by atoms with Crippen molar-refractivity contribution >= 4 is 21.6 Å². The first-order chi connectivity index (χ1) is 13.9. The van der Waals surface area contributed by atoms with E-state index in [1.165, 1.54) is 33.1 Å². The van der Waals surface area contributed by atoms with Crippen LogP contribution in [0.2, 0.25) is 0 Å². The molecule has 0 saturated heterocycles. The number of nitrogens with two attached hydrogens (primary N) is 2. The van der Waals surface area contributed by atoms with Crippen LogP contribution in [0.1, 0.15) is 35.1 Å². The van der Waals surface area contributed by atoms with Crippen molar-refractivity contribution in [3.05, 3.63) is 34.5 Å². The predicted octanol–water partition coefficient (Wildman–Crippen LogP) is 1.51. The van der Waals surface area contributed by atoms with Gasteiger partial charge in [-0.15, -0.1) is 4.36 Å². The second-order valence-electron chi connectivity index (χ2n) is 7.89. The van der Waals surface area contributed by atoms with Crippen LogP contribution >= 0.6 is 0 Å². The Balaban J connectivity index is 1.47. The number of nitrogens with one attached hydrogen (secondary N) is 1. The van der Waals surface area contributed by atoms with Gasteiger partial charge in [-0.25, -0.2) is 18.8 Å². The maximum Gasteiger partial charge on any atom is 0.354 e. The molecule has 5 rings (SSSR count). The van der Waals surface area contributed by atoms with Crippen LogP contribution in [0.15, 0.2) is 21.5 Å². The lowest BCUT2D eigenvalue weighted by molar-refractivity contribution is 0.200. The minimum atomic E-state index is -3.51. The zero-order chi connectivity index (χ0) is 20.2. The van der Waals surface area contributed by atoms with Gasteiger partial charge in [0.05, 0.1) is 18.8 Å². The van der Waals surface area contributed by atoms with Gasteiger partial charge in [0.15, 0.2) is 9.92 Å². The van der Waals surface area contributed by atoms with Crippen molar-refractivity contribution in [1.29, 1.82) is 0 Å². The monoisotopic (exact) mass is 416 g/mol. The number of hydrogen-bond donors (Lipinski definition) is 3. The molecule has 1 aliphatic heterocycles.